The SMILES string of the molecule is FC(F)(CN1CCCC1)Cn1cc(-c2cnc3ccc(Cl)nc3c2)cn1.FC(F)(CN1CCCC1)Cn1cc(I)cn1. The average Bonchev–Trinajstić information content (AvgIpc) is 3.74. The standard InChI is InChI=1S/C18H18ClF2N5.C10H14F2IN3/c19-17-4-3-15-16(24-17)7-13(8-22-15)14-9-23-26(10-14)12-18(20,21)11-25-5-1-2-6-25;11-10(12,7-15-3-1-2-4-15)8-16-6-9(13)5-14-16/h3-4,7-10H,1-2,5-6,11-12H2;5-6H,1-4,7-8H2. The van der Waals surface area contributed by atoms with E-state index in [0.29, 0.717) is 10.7 Å². The van der Waals surface area contributed by atoms with E-state index in [1.165, 1.54) is 9.36 Å². The molecule has 0 atom stereocenters. The Hall–Kier alpha value is -2.36. The second-order valence-corrected chi connectivity index (χ2v) is 12.5. The van der Waals surface area contributed by atoms with Gasteiger partial charge in [-0.3, -0.25) is 24.1 Å². The molecule has 8 nitrogen and oxygen atoms in total. The summed E-state index contributed by atoms with van der Waals surface area (Å²) in [6.07, 6.45) is 12.2. The predicted octanol–water partition coefficient (Wildman–Crippen LogP) is 6.10. The van der Waals surface area contributed by atoms with Gasteiger partial charge in [-0.15, -0.1) is 0 Å². The number of pyridine rings is 2. The fourth-order valence-electron chi connectivity index (χ4n) is 5.27. The van der Waals surface area contributed by atoms with Crippen molar-refractivity contribution in [1.29, 1.82) is 0 Å². The van der Waals surface area contributed by atoms with Crippen molar-refractivity contribution in [3.63, 3.8) is 0 Å². The van der Waals surface area contributed by atoms with Crippen LogP contribution in [-0.4, -0.2) is 90.4 Å². The van der Waals surface area contributed by atoms with Gasteiger partial charge in [-0.25, -0.2) is 22.5 Å². The van der Waals surface area contributed by atoms with Crippen molar-refractivity contribution in [1.82, 2.24) is 39.3 Å². The number of rotatable bonds is 9. The lowest BCUT2D eigenvalue weighted by Gasteiger charge is -2.22. The van der Waals surface area contributed by atoms with E-state index in [1.807, 2.05) is 15.9 Å². The van der Waals surface area contributed by atoms with Gasteiger partial charge >= 0.3 is 0 Å². The lowest BCUT2D eigenvalue weighted by molar-refractivity contribution is -0.0448. The Morgan fingerprint density at radius 1 is 0.714 bits per heavy atom. The molecule has 2 fully saturated rings. The van der Waals surface area contributed by atoms with E-state index >= 15 is 0 Å². The molecule has 0 unspecified atom stereocenters. The first-order valence-electron chi connectivity index (χ1n) is 13.9. The molecule has 0 aliphatic carbocycles. The van der Waals surface area contributed by atoms with Crippen molar-refractivity contribution in [2.45, 2.75) is 50.6 Å². The summed E-state index contributed by atoms with van der Waals surface area (Å²) in [6, 6.07) is 5.30. The molecule has 0 saturated carbocycles. The fourth-order valence-corrected chi connectivity index (χ4v) is 5.87. The third kappa shape index (κ3) is 8.83. The van der Waals surface area contributed by atoms with Gasteiger partial charge in [0.15, 0.2) is 0 Å². The van der Waals surface area contributed by atoms with Crippen LogP contribution in [0.2, 0.25) is 5.15 Å². The first-order valence-corrected chi connectivity index (χ1v) is 15.3. The van der Waals surface area contributed by atoms with Crippen LogP contribution in [0.4, 0.5) is 17.6 Å². The largest absolute Gasteiger partial charge is 0.297 e. The van der Waals surface area contributed by atoms with E-state index in [0.717, 1.165) is 72.1 Å². The first-order chi connectivity index (χ1) is 20.0. The number of nitrogens with zero attached hydrogens (tertiary/aromatic N) is 8. The Morgan fingerprint density at radius 3 is 1.86 bits per heavy atom. The number of aromatic nitrogens is 6. The lowest BCUT2D eigenvalue weighted by atomic mass is 10.1. The maximum Gasteiger partial charge on any atom is 0.279 e. The van der Waals surface area contributed by atoms with Crippen LogP contribution in [-0.2, 0) is 13.1 Å². The molecule has 2 aliphatic rings. The summed E-state index contributed by atoms with van der Waals surface area (Å²) in [7, 11) is 0. The Balaban J connectivity index is 0.000000189. The molecule has 0 amide bonds. The molecule has 6 heterocycles. The van der Waals surface area contributed by atoms with Gasteiger partial charge in [0.2, 0.25) is 0 Å². The number of hydrogen-bond donors (Lipinski definition) is 0. The molecule has 4 aromatic rings. The highest BCUT2D eigenvalue weighted by Crippen LogP contribution is 2.25. The molecular weight excluding hydrogens is 687 g/mol. The van der Waals surface area contributed by atoms with Crippen molar-refractivity contribution in [2.24, 2.45) is 0 Å². The van der Waals surface area contributed by atoms with Gasteiger partial charge in [-0.2, -0.15) is 10.2 Å². The summed E-state index contributed by atoms with van der Waals surface area (Å²) in [6.45, 7) is 1.96. The molecule has 226 valence electrons. The molecule has 2 aliphatic heterocycles. The zero-order valence-corrected chi connectivity index (χ0v) is 25.9. The van der Waals surface area contributed by atoms with Crippen LogP contribution in [0.15, 0.2) is 49.2 Å². The number of hydrogen-bond acceptors (Lipinski definition) is 6. The van der Waals surface area contributed by atoms with Crippen molar-refractivity contribution in [2.75, 3.05) is 39.3 Å². The van der Waals surface area contributed by atoms with Crippen LogP contribution in [0.5, 0.6) is 0 Å². The Morgan fingerprint density at radius 2 is 1.29 bits per heavy atom. The van der Waals surface area contributed by atoms with E-state index < -0.39 is 18.4 Å². The molecule has 0 radical (unpaired) electrons. The molecule has 14 heteroatoms. The van der Waals surface area contributed by atoms with Gasteiger partial charge < -0.3 is 0 Å². The molecule has 0 bridgehead atoms. The van der Waals surface area contributed by atoms with Gasteiger partial charge in [-0.1, -0.05) is 11.6 Å². The van der Waals surface area contributed by atoms with Gasteiger partial charge in [0.25, 0.3) is 11.8 Å². The molecular formula is C28H32ClF4IN8. The highest BCUT2D eigenvalue weighted by atomic mass is 127. The number of halogens is 6. The van der Waals surface area contributed by atoms with Crippen LogP contribution >= 0.6 is 34.2 Å². The summed E-state index contributed by atoms with van der Waals surface area (Å²) in [5, 5.41) is 8.36. The molecule has 0 aromatic carbocycles. The zero-order valence-electron chi connectivity index (χ0n) is 22.9. The van der Waals surface area contributed by atoms with Crippen LogP contribution in [0, 0.1) is 3.57 Å². The van der Waals surface area contributed by atoms with Crippen LogP contribution in [0.1, 0.15) is 25.7 Å². The minimum absolute atomic E-state index is 0.149. The molecule has 6 rings (SSSR count). The van der Waals surface area contributed by atoms with Crippen molar-refractivity contribution in [3.05, 3.63) is 57.9 Å². The first kappa shape index (κ1) is 31.1. The summed E-state index contributed by atoms with van der Waals surface area (Å²) in [5.74, 6) is -5.51. The van der Waals surface area contributed by atoms with E-state index in [-0.39, 0.29) is 19.6 Å². The number of likely N-dealkylation sites (tertiary alicyclic amines) is 2. The van der Waals surface area contributed by atoms with Crippen molar-refractivity contribution >= 4 is 45.2 Å². The second-order valence-electron chi connectivity index (χ2n) is 10.9. The predicted molar refractivity (Wildman–Crippen MR) is 162 cm³/mol. The van der Waals surface area contributed by atoms with Crippen LogP contribution in [0.25, 0.3) is 22.2 Å². The molecule has 4 aromatic heterocycles. The van der Waals surface area contributed by atoms with E-state index in [1.54, 1.807) is 43.1 Å². The fraction of sp³-hybridized carbons (Fsp3) is 0.500. The van der Waals surface area contributed by atoms with Crippen LogP contribution < -0.4 is 0 Å². The third-order valence-corrected chi connectivity index (χ3v) is 7.93. The number of fused-ring (bicyclic) bond motifs is 1. The highest BCUT2D eigenvalue weighted by Gasteiger charge is 2.34. The molecule has 0 spiro atoms. The minimum Gasteiger partial charge on any atom is -0.297 e. The monoisotopic (exact) mass is 718 g/mol. The molecule has 2 saturated heterocycles. The Labute approximate surface area is 260 Å². The second kappa shape index (κ2) is 13.5. The van der Waals surface area contributed by atoms with Gasteiger partial charge in [-0.05, 0) is 92.7 Å². The number of alkyl halides is 4. The zero-order chi connectivity index (χ0) is 29.7. The quantitative estimate of drug-likeness (QED) is 0.119. The van der Waals surface area contributed by atoms with Gasteiger partial charge in [0.05, 0.1) is 40.1 Å². The Kier molecular flexibility index (Phi) is 10.0. The smallest absolute Gasteiger partial charge is 0.279 e. The average molecular weight is 719 g/mol. The normalized spacial score (nSPS) is 16.7. The van der Waals surface area contributed by atoms with Crippen molar-refractivity contribution in [3.8, 4) is 11.1 Å². The van der Waals surface area contributed by atoms with Crippen LogP contribution in [0.3, 0.4) is 0 Å². The summed E-state index contributed by atoms with van der Waals surface area (Å²) >= 11 is 7.98. The van der Waals surface area contributed by atoms with E-state index in [2.05, 4.69) is 42.8 Å². The summed E-state index contributed by atoms with van der Waals surface area (Å²) in [4.78, 5) is 12.2. The van der Waals surface area contributed by atoms with Gasteiger partial charge in [0.1, 0.15) is 18.2 Å². The third-order valence-electron chi connectivity index (χ3n) is 7.17. The lowest BCUT2D eigenvalue weighted by Crippen LogP contribution is -2.38. The molecule has 0 N–H and O–H groups in total. The minimum atomic E-state index is -2.82. The van der Waals surface area contributed by atoms with E-state index in [4.69, 9.17) is 11.6 Å². The maximum atomic E-state index is 14.3. The van der Waals surface area contributed by atoms with Crippen molar-refractivity contribution < 1.29 is 17.6 Å². The summed E-state index contributed by atoms with van der Waals surface area (Å²) in [5.41, 5.74) is 2.87. The van der Waals surface area contributed by atoms with Gasteiger partial charge in [0, 0.05) is 29.7 Å². The topological polar surface area (TPSA) is 67.9 Å². The highest BCUT2D eigenvalue weighted by molar-refractivity contribution is 14.1. The molecule has 42 heavy (non-hydrogen) atoms. The van der Waals surface area contributed by atoms with E-state index in [9.17, 15) is 17.6 Å². The summed E-state index contributed by atoms with van der Waals surface area (Å²) < 4.78 is 59.4. The maximum absolute atomic E-state index is 14.3. The Bertz CT molecular complexity index is 1470.